The summed E-state index contributed by atoms with van der Waals surface area (Å²) in [7, 11) is -4.06. The van der Waals surface area contributed by atoms with Crippen LogP contribution < -0.4 is 25.5 Å². The van der Waals surface area contributed by atoms with E-state index in [1.54, 1.807) is 19.1 Å². The van der Waals surface area contributed by atoms with Gasteiger partial charge in [0.2, 0.25) is 10.0 Å². The Bertz CT molecular complexity index is 1500. The van der Waals surface area contributed by atoms with E-state index in [-0.39, 0.29) is 49.5 Å². The number of hydrogen-bond donors (Lipinski definition) is 2. The van der Waals surface area contributed by atoms with Gasteiger partial charge in [0.25, 0.3) is 17.4 Å². The zero-order chi connectivity index (χ0) is 30.1. The molecule has 2 saturated heterocycles. The fourth-order valence-electron chi connectivity index (χ4n) is 5.55. The molecule has 1 saturated carbocycles. The Morgan fingerprint density at radius 2 is 1.69 bits per heavy atom. The van der Waals surface area contributed by atoms with Crippen LogP contribution in [0.4, 0.5) is 25.8 Å². The number of ether oxygens (including phenoxy) is 1. The number of esters is 1. The smallest absolute Gasteiger partial charge is 0.323 e. The predicted octanol–water partition coefficient (Wildman–Crippen LogP) is 3.15. The molecule has 14 heteroatoms. The topological polar surface area (TPSA) is 130 Å². The second kappa shape index (κ2) is 11.5. The first-order chi connectivity index (χ1) is 19.9. The summed E-state index contributed by atoms with van der Waals surface area (Å²) in [5.74, 6) is -5.06. The number of benzene rings is 1. The van der Waals surface area contributed by atoms with Crippen LogP contribution in [0, 0.1) is 5.41 Å². The molecule has 1 amide bonds. The van der Waals surface area contributed by atoms with Gasteiger partial charge in [-0.1, -0.05) is 0 Å². The molecule has 2 N–H and O–H groups in total. The van der Waals surface area contributed by atoms with Crippen LogP contribution in [-0.2, 0) is 19.6 Å². The Labute approximate surface area is 242 Å². The third-order valence-corrected chi connectivity index (χ3v) is 9.37. The highest BCUT2D eigenvalue weighted by atomic mass is 32.2. The molecule has 5 rings (SSSR count). The molecule has 0 unspecified atom stereocenters. The summed E-state index contributed by atoms with van der Waals surface area (Å²) in [5, 5.41) is 4.19. The van der Waals surface area contributed by atoms with E-state index in [2.05, 4.69) is 10.0 Å². The van der Waals surface area contributed by atoms with Crippen molar-refractivity contribution in [1.29, 1.82) is 0 Å². The number of halogens is 2. The van der Waals surface area contributed by atoms with E-state index in [1.165, 1.54) is 46.9 Å². The first kappa shape index (κ1) is 29.8. The predicted molar refractivity (Wildman–Crippen MR) is 154 cm³/mol. The Hall–Kier alpha value is -3.68. The van der Waals surface area contributed by atoms with Gasteiger partial charge in [0.05, 0.1) is 23.5 Å². The number of aromatic nitrogens is 1. The molecule has 2 aliphatic heterocycles. The molecule has 3 heterocycles. The fourth-order valence-corrected chi connectivity index (χ4v) is 6.50. The molecule has 0 bridgehead atoms. The zero-order valence-corrected chi connectivity index (χ0v) is 24.2. The molecule has 3 aliphatic rings. The largest absolute Gasteiger partial charge is 0.465 e. The number of rotatable bonds is 9. The lowest BCUT2D eigenvalue weighted by atomic mass is 9.93. The number of sulfonamides is 1. The van der Waals surface area contributed by atoms with Gasteiger partial charge in [0, 0.05) is 45.2 Å². The molecule has 42 heavy (non-hydrogen) atoms. The number of nitrogens with zero attached hydrogens (tertiary/aromatic N) is 3. The number of anilines is 3. The van der Waals surface area contributed by atoms with Crippen molar-refractivity contribution in [2.45, 2.75) is 51.4 Å². The summed E-state index contributed by atoms with van der Waals surface area (Å²) >= 11 is 0. The molecule has 0 radical (unpaired) electrons. The van der Waals surface area contributed by atoms with Crippen molar-refractivity contribution in [1.82, 2.24) is 4.68 Å². The number of nitrogens with one attached hydrogen (secondary N) is 2. The number of piperidine rings is 2. The normalized spacial score (nSPS) is 19.3. The van der Waals surface area contributed by atoms with Gasteiger partial charge in [0.15, 0.2) is 5.75 Å². The van der Waals surface area contributed by atoms with Crippen molar-refractivity contribution >= 4 is 39.0 Å². The number of hydrogen-bond acceptors (Lipinski definition) is 8. The van der Waals surface area contributed by atoms with Gasteiger partial charge in [0.1, 0.15) is 5.69 Å². The van der Waals surface area contributed by atoms with Crippen LogP contribution in [0.15, 0.2) is 41.3 Å². The lowest BCUT2D eigenvalue weighted by Crippen LogP contribution is -2.49. The van der Waals surface area contributed by atoms with E-state index in [0.29, 0.717) is 24.2 Å². The fraction of sp³-hybridized carbons (Fsp3) is 0.536. The SMILES string of the molecule is CCOC(=O)CS(=O)(=O)Nc1ccc(C(=O)Nc2cccn(N3CCC(F)(F)CC3)c2=O)c(N2CCC3(CC2)CC3)c1. The molecular weight excluding hydrogens is 572 g/mol. The van der Waals surface area contributed by atoms with Gasteiger partial charge < -0.3 is 20.0 Å². The summed E-state index contributed by atoms with van der Waals surface area (Å²) in [6.45, 7) is 2.99. The Balaban J connectivity index is 1.38. The van der Waals surface area contributed by atoms with E-state index in [4.69, 9.17) is 4.74 Å². The van der Waals surface area contributed by atoms with E-state index >= 15 is 0 Å². The van der Waals surface area contributed by atoms with Crippen molar-refractivity contribution in [3.63, 3.8) is 0 Å². The summed E-state index contributed by atoms with van der Waals surface area (Å²) in [6.07, 6.45) is 4.99. The van der Waals surface area contributed by atoms with Crippen molar-refractivity contribution < 1.29 is 31.5 Å². The van der Waals surface area contributed by atoms with Crippen LogP contribution in [0.3, 0.4) is 0 Å². The van der Waals surface area contributed by atoms with Crippen LogP contribution in [0.25, 0.3) is 0 Å². The lowest BCUT2D eigenvalue weighted by Gasteiger charge is -2.35. The van der Waals surface area contributed by atoms with E-state index in [9.17, 15) is 31.6 Å². The second-order valence-corrected chi connectivity index (χ2v) is 12.9. The average molecular weight is 608 g/mol. The molecular formula is C28H35F2N5O6S. The van der Waals surface area contributed by atoms with Crippen molar-refractivity contribution in [2.24, 2.45) is 5.41 Å². The zero-order valence-electron chi connectivity index (χ0n) is 23.4. The van der Waals surface area contributed by atoms with Gasteiger partial charge in [-0.05, 0) is 68.4 Å². The quantitative estimate of drug-likeness (QED) is 0.416. The Kier molecular flexibility index (Phi) is 8.19. The molecule has 0 atom stereocenters. The molecule has 11 nitrogen and oxygen atoms in total. The van der Waals surface area contributed by atoms with Crippen LogP contribution in [0.1, 0.15) is 55.8 Å². The highest BCUT2D eigenvalue weighted by molar-refractivity contribution is 7.93. The van der Waals surface area contributed by atoms with Gasteiger partial charge in [-0.25, -0.2) is 21.9 Å². The number of alkyl halides is 2. The average Bonchev–Trinajstić information content (AvgIpc) is 3.68. The number of carbonyl (C=O) groups is 2. The van der Waals surface area contributed by atoms with Crippen LogP contribution in [-0.4, -0.2) is 69.4 Å². The van der Waals surface area contributed by atoms with Crippen LogP contribution >= 0.6 is 0 Å². The first-order valence-corrected chi connectivity index (χ1v) is 15.8. The minimum atomic E-state index is -4.06. The second-order valence-electron chi connectivity index (χ2n) is 11.2. The molecule has 1 aliphatic carbocycles. The Morgan fingerprint density at radius 1 is 1.00 bits per heavy atom. The van der Waals surface area contributed by atoms with Crippen LogP contribution in [0.5, 0.6) is 0 Å². The van der Waals surface area contributed by atoms with Gasteiger partial charge in [-0.3, -0.25) is 19.1 Å². The van der Waals surface area contributed by atoms with E-state index in [0.717, 1.165) is 12.8 Å². The summed E-state index contributed by atoms with van der Waals surface area (Å²) in [6, 6.07) is 7.46. The van der Waals surface area contributed by atoms with Gasteiger partial charge in [-0.15, -0.1) is 0 Å². The number of pyridine rings is 1. The molecule has 1 aromatic carbocycles. The van der Waals surface area contributed by atoms with Gasteiger partial charge >= 0.3 is 5.97 Å². The summed E-state index contributed by atoms with van der Waals surface area (Å²) in [4.78, 5) is 40.5. The third-order valence-electron chi connectivity index (χ3n) is 8.20. The summed E-state index contributed by atoms with van der Waals surface area (Å²) < 4.78 is 60.8. The summed E-state index contributed by atoms with van der Waals surface area (Å²) in [5.41, 5.74) is 0.707. The molecule has 2 aromatic rings. The van der Waals surface area contributed by atoms with E-state index < -0.39 is 39.1 Å². The van der Waals surface area contributed by atoms with E-state index in [1.807, 2.05) is 4.90 Å². The highest BCUT2D eigenvalue weighted by Crippen LogP contribution is 2.54. The minimum absolute atomic E-state index is 0.00155. The maximum atomic E-state index is 13.6. The van der Waals surface area contributed by atoms with Crippen molar-refractivity contribution in [3.8, 4) is 0 Å². The maximum Gasteiger partial charge on any atom is 0.323 e. The number of carbonyl (C=O) groups excluding carboxylic acids is 2. The Morgan fingerprint density at radius 3 is 2.33 bits per heavy atom. The first-order valence-electron chi connectivity index (χ1n) is 14.1. The highest BCUT2D eigenvalue weighted by Gasteiger charge is 2.44. The monoisotopic (exact) mass is 607 g/mol. The minimum Gasteiger partial charge on any atom is -0.465 e. The molecule has 3 fully saturated rings. The van der Waals surface area contributed by atoms with Gasteiger partial charge in [-0.2, -0.15) is 0 Å². The van der Waals surface area contributed by atoms with Crippen molar-refractivity contribution in [3.05, 3.63) is 52.4 Å². The third kappa shape index (κ3) is 6.85. The van der Waals surface area contributed by atoms with Crippen LogP contribution in [0.2, 0.25) is 0 Å². The maximum absolute atomic E-state index is 13.6. The molecule has 228 valence electrons. The van der Waals surface area contributed by atoms with Crippen molar-refractivity contribution in [2.75, 3.05) is 58.5 Å². The lowest BCUT2D eigenvalue weighted by molar-refractivity contribution is -0.139. The molecule has 1 aromatic heterocycles. The number of amides is 1. The standard InChI is InChI=1S/C28H35F2N5O6S/c1-2-41-24(36)19-42(39,40)32-20-5-6-21(23(18-20)33-14-9-27(7-8-27)10-15-33)25(37)31-22-4-3-13-35(26(22)38)34-16-11-28(29,30)12-17-34/h3-6,13,18,32H,2,7-12,14-17,19H2,1H3,(H,31,37). The molecule has 1 spiro atoms.